The van der Waals surface area contributed by atoms with E-state index >= 15 is 0 Å². The highest BCUT2D eigenvalue weighted by atomic mass is 32.1. The smallest absolute Gasteiger partial charge is 0.250 e. The predicted octanol–water partition coefficient (Wildman–Crippen LogP) is 2.07. The van der Waals surface area contributed by atoms with Crippen molar-refractivity contribution in [1.29, 1.82) is 0 Å². The summed E-state index contributed by atoms with van der Waals surface area (Å²) in [4.78, 5) is 11.8. The minimum Gasteiger partial charge on any atom is -0.454 e. The van der Waals surface area contributed by atoms with Gasteiger partial charge in [-0.1, -0.05) is 17.4 Å². The second-order valence-corrected chi connectivity index (χ2v) is 5.43. The molecule has 1 aliphatic rings. The van der Waals surface area contributed by atoms with Crippen molar-refractivity contribution in [2.75, 3.05) is 19.2 Å². The van der Waals surface area contributed by atoms with Crippen LogP contribution in [0.5, 0.6) is 11.5 Å². The summed E-state index contributed by atoms with van der Waals surface area (Å²) in [5, 5.41) is 11.5. The molecular weight excluding hydrogens is 306 g/mol. The van der Waals surface area contributed by atoms with Gasteiger partial charge in [0, 0.05) is 13.2 Å². The molecule has 2 heterocycles. The lowest BCUT2D eigenvalue weighted by Gasteiger charge is -1.98. The minimum atomic E-state index is -0.280. The van der Waals surface area contributed by atoms with E-state index in [2.05, 4.69) is 15.5 Å². The minimum absolute atomic E-state index is 0.226. The Hall–Kier alpha value is -2.45. The van der Waals surface area contributed by atoms with Gasteiger partial charge in [0.15, 0.2) is 11.5 Å². The Labute approximate surface area is 130 Å². The van der Waals surface area contributed by atoms with E-state index in [1.807, 2.05) is 18.2 Å². The second-order valence-electron chi connectivity index (χ2n) is 4.37. The first-order valence-corrected chi connectivity index (χ1v) is 7.26. The van der Waals surface area contributed by atoms with E-state index in [1.165, 1.54) is 17.4 Å². The third-order valence-electron chi connectivity index (χ3n) is 2.79. The molecule has 1 aliphatic heterocycles. The van der Waals surface area contributed by atoms with Gasteiger partial charge in [-0.05, 0) is 23.8 Å². The number of fused-ring (bicyclic) bond motifs is 1. The van der Waals surface area contributed by atoms with Crippen molar-refractivity contribution in [2.24, 2.45) is 0 Å². The largest absolute Gasteiger partial charge is 0.454 e. The highest BCUT2D eigenvalue weighted by Crippen LogP contribution is 2.32. The maximum Gasteiger partial charge on any atom is 0.250 e. The lowest BCUT2D eigenvalue weighted by molar-refractivity contribution is -0.111. The highest BCUT2D eigenvalue weighted by molar-refractivity contribution is 7.15. The van der Waals surface area contributed by atoms with Crippen LogP contribution in [0.3, 0.4) is 0 Å². The molecule has 0 radical (unpaired) electrons. The van der Waals surface area contributed by atoms with Crippen LogP contribution in [0.25, 0.3) is 6.08 Å². The van der Waals surface area contributed by atoms with Gasteiger partial charge in [-0.15, -0.1) is 10.2 Å². The number of amides is 1. The van der Waals surface area contributed by atoms with Crippen LogP contribution in [0.15, 0.2) is 24.3 Å². The number of nitrogens with zero attached hydrogens (tertiary/aromatic N) is 2. The summed E-state index contributed by atoms with van der Waals surface area (Å²) < 4.78 is 15.5. The summed E-state index contributed by atoms with van der Waals surface area (Å²) in [5.74, 6) is 1.11. The molecule has 0 fully saturated rings. The maximum absolute atomic E-state index is 11.8. The van der Waals surface area contributed by atoms with Crippen molar-refractivity contribution >= 4 is 28.5 Å². The number of rotatable bonds is 5. The van der Waals surface area contributed by atoms with Gasteiger partial charge in [-0.25, -0.2) is 0 Å². The van der Waals surface area contributed by atoms with Gasteiger partial charge in [-0.3, -0.25) is 10.1 Å². The normalized spacial score (nSPS) is 12.8. The second kappa shape index (κ2) is 6.54. The van der Waals surface area contributed by atoms with Gasteiger partial charge in [0.25, 0.3) is 0 Å². The summed E-state index contributed by atoms with van der Waals surface area (Å²) in [6.45, 7) is 0.602. The molecule has 0 aliphatic carbocycles. The molecule has 0 bridgehead atoms. The predicted molar refractivity (Wildman–Crippen MR) is 80.9 cm³/mol. The molecule has 1 aromatic heterocycles. The fourth-order valence-corrected chi connectivity index (χ4v) is 2.54. The van der Waals surface area contributed by atoms with E-state index in [4.69, 9.17) is 14.2 Å². The molecular formula is C14H13N3O4S. The summed E-state index contributed by atoms with van der Waals surface area (Å²) in [6.07, 6.45) is 3.11. The van der Waals surface area contributed by atoms with Gasteiger partial charge in [0.2, 0.25) is 17.8 Å². The Balaban J connectivity index is 1.60. The number of ether oxygens (including phenoxy) is 3. The van der Waals surface area contributed by atoms with Crippen LogP contribution >= 0.6 is 11.3 Å². The first kappa shape index (κ1) is 14.5. The van der Waals surface area contributed by atoms with E-state index in [0.29, 0.717) is 28.2 Å². The molecule has 2 aromatic rings. The van der Waals surface area contributed by atoms with Crippen molar-refractivity contribution < 1.29 is 19.0 Å². The van der Waals surface area contributed by atoms with Crippen molar-refractivity contribution in [3.8, 4) is 11.5 Å². The number of anilines is 1. The molecule has 0 unspecified atom stereocenters. The van der Waals surface area contributed by atoms with Crippen LogP contribution in [0.4, 0.5) is 5.13 Å². The van der Waals surface area contributed by atoms with Crippen molar-refractivity contribution in [2.45, 2.75) is 6.61 Å². The molecule has 0 saturated heterocycles. The molecule has 7 nitrogen and oxygen atoms in total. The number of carbonyl (C=O) groups is 1. The number of hydrogen-bond donors (Lipinski definition) is 1. The van der Waals surface area contributed by atoms with Crippen LogP contribution < -0.4 is 14.8 Å². The average molecular weight is 319 g/mol. The Bertz CT molecular complexity index is 714. The van der Waals surface area contributed by atoms with Crippen LogP contribution in [-0.2, 0) is 16.1 Å². The third kappa shape index (κ3) is 3.41. The van der Waals surface area contributed by atoms with E-state index < -0.39 is 0 Å². The van der Waals surface area contributed by atoms with Gasteiger partial charge in [-0.2, -0.15) is 0 Å². The first-order valence-electron chi connectivity index (χ1n) is 6.44. The number of benzene rings is 1. The molecule has 8 heteroatoms. The molecule has 1 amide bonds. The highest BCUT2D eigenvalue weighted by Gasteiger charge is 2.12. The van der Waals surface area contributed by atoms with Gasteiger partial charge >= 0.3 is 0 Å². The van der Waals surface area contributed by atoms with E-state index in [1.54, 1.807) is 13.2 Å². The van der Waals surface area contributed by atoms with Crippen LogP contribution in [0.2, 0.25) is 0 Å². The SMILES string of the molecule is COCc1nnc(NC(=O)C=Cc2ccc3c(c2)OCO3)s1. The van der Waals surface area contributed by atoms with Crippen molar-refractivity contribution in [3.63, 3.8) is 0 Å². The zero-order valence-electron chi connectivity index (χ0n) is 11.7. The summed E-state index contributed by atoms with van der Waals surface area (Å²) >= 11 is 1.27. The maximum atomic E-state index is 11.8. The summed E-state index contributed by atoms with van der Waals surface area (Å²) in [7, 11) is 1.58. The van der Waals surface area contributed by atoms with Gasteiger partial charge in [0.05, 0.1) is 0 Å². The van der Waals surface area contributed by atoms with E-state index in [-0.39, 0.29) is 12.7 Å². The molecule has 0 atom stereocenters. The Morgan fingerprint density at radius 3 is 3.14 bits per heavy atom. The average Bonchev–Trinajstić information content (AvgIpc) is 3.14. The fourth-order valence-electron chi connectivity index (χ4n) is 1.82. The molecule has 22 heavy (non-hydrogen) atoms. The summed E-state index contributed by atoms with van der Waals surface area (Å²) in [6, 6.07) is 5.47. The number of methoxy groups -OCH3 is 1. The van der Waals surface area contributed by atoms with Crippen LogP contribution in [0.1, 0.15) is 10.6 Å². The first-order chi connectivity index (χ1) is 10.7. The van der Waals surface area contributed by atoms with Crippen LogP contribution in [-0.4, -0.2) is 30.0 Å². The topological polar surface area (TPSA) is 82.6 Å². The van der Waals surface area contributed by atoms with Crippen molar-refractivity contribution in [1.82, 2.24) is 10.2 Å². The third-order valence-corrected chi connectivity index (χ3v) is 3.60. The molecule has 114 valence electrons. The Kier molecular flexibility index (Phi) is 4.31. The fraction of sp³-hybridized carbons (Fsp3) is 0.214. The number of carbonyl (C=O) groups excluding carboxylic acids is 1. The monoisotopic (exact) mass is 319 g/mol. The Morgan fingerprint density at radius 2 is 2.27 bits per heavy atom. The number of hydrogen-bond acceptors (Lipinski definition) is 7. The lowest BCUT2D eigenvalue weighted by Crippen LogP contribution is -2.07. The zero-order chi connectivity index (χ0) is 15.4. The van der Waals surface area contributed by atoms with E-state index in [9.17, 15) is 4.79 Å². The molecule has 3 rings (SSSR count). The Morgan fingerprint density at radius 1 is 1.41 bits per heavy atom. The molecule has 0 saturated carbocycles. The van der Waals surface area contributed by atoms with Gasteiger partial charge < -0.3 is 14.2 Å². The van der Waals surface area contributed by atoms with Crippen LogP contribution in [0, 0.1) is 0 Å². The molecule has 1 aromatic carbocycles. The molecule has 1 N–H and O–H groups in total. The molecule has 0 spiro atoms. The lowest BCUT2D eigenvalue weighted by atomic mass is 10.2. The number of aromatic nitrogens is 2. The van der Waals surface area contributed by atoms with Gasteiger partial charge in [0.1, 0.15) is 11.6 Å². The quantitative estimate of drug-likeness (QED) is 0.850. The van der Waals surface area contributed by atoms with E-state index in [0.717, 1.165) is 5.56 Å². The standard InChI is InChI=1S/C14H13N3O4S/c1-19-7-13-16-17-14(22-13)15-12(18)5-3-9-2-4-10-11(6-9)21-8-20-10/h2-6H,7-8H2,1H3,(H,15,17,18). The number of nitrogens with one attached hydrogen (secondary N) is 1. The zero-order valence-corrected chi connectivity index (χ0v) is 12.6. The summed E-state index contributed by atoms with van der Waals surface area (Å²) in [5.41, 5.74) is 0.844. The van der Waals surface area contributed by atoms with Crippen molar-refractivity contribution in [3.05, 3.63) is 34.8 Å².